The Morgan fingerprint density at radius 3 is 2.24 bits per heavy atom. The first-order valence-corrected chi connectivity index (χ1v) is 8.37. The van der Waals surface area contributed by atoms with Crippen LogP contribution < -0.4 is 0 Å². The summed E-state index contributed by atoms with van der Waals surface area (Å²) in [4.78, 5) is 2.30. The predicted molar refractivity (Wildman–Crippen MR) is 88.6 cm³/mol. The Morgan fingerprint density at radius 1 is 1.19 bits per heavy atom. The summed E-state index contributed by atoms with van der Waals surface area (Å²) in [5.74, 6) is 0. The monoisotopic (exact) mass is 295 g/mol. The quantitative estimate of drug-likeness (QED) is 0.760. The van der Waals surface area contributed by atoms with Gasteiger partial charge in [0.1, 0.15) is 0 Å². The molecule has 0 aliphatic rings. The lowest BCUT2D eigenvalue weighted by Crippen LogP contribution is -2.53. The predicted octanol–water partition coefficient (Wildman–Crippen LogP) is 3.27. The average molecular weight is 295 g/mol. The van der Waals surface area contributed by atoms with Gasteiger partial charge in [0.2, 0.25) is 0 Å². The zero-order chi connectivity index (χ0) is 16.0. The average Bonchev–Trinajstić information content (AvgIpc) is 2.89. The highest BCUT2D eigenvalue weighted by molar-refractivity contribution is 5.04. The van der Waals surface area contributed by atoms with E-state index in [0.29, 0.717) is 12.5 Å². The molecule has 0 aromatic carbocycles. The van der Waals surface area contributed by atoms with Crippen LogP contribution in [-0.2, 0) is 6.42 Å². The maximum absolute atomic E-state index is 10.6. The highest BCUT2D eigenvalue weighted by Crippen LogP contribution is 2.22. The number of aliphatic hydroxyl groups is 1. The first kappa shape index (κ1) is 18.2. The molecule has 4 nitrogen and oxygen atoms in total. The van der Waals surface area contributed by atoms with E-state index in [-0.39, 0.29) is 5.54 Å². The van der Waals surface area contributed by atoms with Crippen LogP contribution in [0.4, 0.5) is 0 Å². The van der Waals surface area contributed by atoms with Crippen molar-refractivity contribution in [2.45, 2.75) is 78.5 Å². The Kier molecular flexibility index (Phi) is 6.88. The molecule has 0 saturated carbocycles. The lowest BCUT2D eigenvalue weighted by Gasteiger charge is -2.40. The van der Waals surface area contributed by atoms with Gasteiger partial charge in [-0.2, -0.15) is 5.10 Å². The van der Waals surface area contributed by atoms with Gasteiger partial charge < -0.3 is 5.11 Å². The Bertz CT molecular complexity index is 406. The van der Waals surface area contributed by atoms with E-state index in [1.165, 1.54) is 0 Å². The van der Waals surface area contributed by atoms with Crippen LogP contribution >= 0.6 is 0 Å². The molecule has 1 N–H and O–H groups in total. The second-order valence-corrected chi connectivity index (χ2v) is 6.30. The standard InChI is InChI=1S/C17H33N3O/c1-7-15(8-2)20-12-11-14(18-20)13-16(21)17(5,6)19(9-3)10-4/h11-12,15-16,21H,7-10,13H2,1-6H3. The molecule has 1 heterocycles. The molecular formula is C17H33N3O. The van der Waals surface area contributed by atoms with Gasteiger partial charge in [-0.05, 0) is 45.8 Å². The van der Waals surface area contributed by atoms with Crippen molar-refractivity contribution < 1.29 is 5.11 Å². The van der Waals surface area contributed by atoms with Crippen molar-refractivity contribution in [2.75, 3.05) is 13.1 Å². The fourth-order valence-corrected chi connectivity index (χ4v) is 3.05. The van der Waals surface area contributed by atoms with Crippen molar-refractivity contribution in [3.05, 3.63) is 18.0 Å². The summed E-state index contributed by atoms with van der Waals surface area (Å²) in [6.45, 7) is 14.8. The molecule has 0 spiro atoms. The second-order valence-electron chi connectivity index (χ2n) is 6.30. The van der Waals surface area contributed by atoms with Gasteiger partial charge in [0.15, 0.2) is 0 Å². The topological polar surface area (TPSA) is 41.3 Å². The Hall–Kier alpha value is -0.870. The number of rotatable bonds is 9. The SMILES string of the molecule is CCC(CC)n1ccc(CC(O)C(C)(C)N(CC)CC)n1. The molecule has 0 aliphatic carbocycles. The molecule has 1 aromatic heterocycles. The first-order chi connectivity index (χ1) is 9.90. The van der Waals surface area contributed by atoms with Crippen molar-refractivity contribution in [3.8, 4) is 0 Å². The number of hydrogen-bond acceptors (Lipinski definition) is 3. The van der Waals surface area contributed by atoms with Crippen molar-refractivity contribution >= 4 is 0 Å². The van der Waals surface area contributed by atoms with E-state index in [4.69, 9.17) is 0 Å². The maximum Gasteiger partial charge on any atom is 0.0774 e. The molecule has 21 heavy (non-hydrogen) atoms. The molecule has 1 unspecified atom stereocenters. The van der Waals surface area contributed by atoms with E-state index in [1.807, 2.05) is 16.9 Å². The molecule has 0 fully saturated rings. The lowest BCUT2D eigenvalue weighted by molar-refractivity contribution is -0.00473. The first-order valence-electron chi connectivity index (χ1n) is 8.37. The van der Waals surface area contributed by atoms with Crippen LogP contribution in [0.3, 0.4) is 0 Å². The molecule has 0 bridgehead atoms. The highest BCUT2D eigenvalue weighted by Gasteiger charge is 2.33. The summed E-state index contributed by atoms with van der Waals surface area (Å²) >= 11 is 0. The third-order valence-corrected chi connectivity index (χ3v) is 4.78. The van der Waals surface area contributed by atoms with Crippen molar-refractivity contribution in [3.63, 3.8) is 0 Å². The van der Waals surface area contributed by atoms with Gasteiger partial charge in [-0.3, -0.25) is 9.58 Å². The summed E-state index contributed by atoms with van der Waals surface area (Å²) < 4.78 is 2.05. The van der Waals surface area contributed by atoms with Crippen LogP contribution in [-0.4, -0.2) is 44.5 Å². The summed E-state index contributed by atoms with van der Waals surface area (Å²) in [6.07, 6.45) is 4.42. The van der Waals surface area contributed by atoms with Crippen LogP contribution in [0.15, 0.2) is 12.3 Å². The van der Waals surface area contributed by atoms with E-state index >= 15 is 0 Å². The van der Waals surface area contributed by atoms with Gasteiger partial charge in [0.25, 0.3) is 0 Å². The van der Waals surface area contributed by atoms with E-state index in [2.05, 4.69) is 51.5 Å². The van der Waals surface area contributed by atoms with Crippen LogP contribution in [0.25, 0.3) is 0 Å². The zero-order valence-corrected chi connectivity index (χ0v) is 14.6. The zero-order valence-electron chi connectivity index (χ0n) is 14.6. The highest BCUT2D eigenvalue weighted by atomic mass is 16.3. The number of likely N-dealkylation sites (N-methyl/N-ethyl adjacent to an activating group) is 1. The summed E-state index contributed by atoms with van der Waals surface area (Å²) in [7, 11) is 0. The van der Waals surface area contributed by atoms with Crippen LogP contribution in [0.5, 0.6) is 0 Å². The molecule has 1 atom stereocenters. The van der Waals surface area contributed by atoms with Crippen molar-refractivity contribution in [1.82, 2.24) is 14.7 Å². The van der Waals surface area contributed by atoms with E-state index < -0.39 is 6.10 Å². The van der Waals surface area contributed by atoms with Crippen LogP contribution in [0, 0.1) is 0 Å². The fraction of sp³-hybridized carbons (Fsp3) is 0.824. The number of hydrogen-bond donors (Lipinski definition) is 1. The minimum atomic E-state index is -0.414. The van der Waals surface area contributed by atoms with Crippen molar-refractivity contribution in [2.24, 2.45) is 0 Å². The number of aromatic nitrogens is 2. The van der Waals surface area contributed by atoms with E-state index in [9.17, 15) is 5.11 Å². The van der Waals surface area contributed by atoms with Gasteiger partial charge in [-0.15, -0.1) is 0 Å². The molecule has 0 aliphatic heterocycles. The Labute approximate surface area is 130 Å². The van der Waals surface area contributed by atoms with Gasteiger partial charge in [0.05, 0.1) is 17.8 Å². The smallest absolute Gasteiger partial charge is 0.0774 e. The summed E-state index contributed by atoms with van der Waals surface area (Å²) in [5.41, 5.74) is 0.747. The molecule has 4 heteroatoms. The third-order valence-electron chi connectivity index (χ3n) is 4.78. The molecule has 0 amide bonds. The molecule has 0 saturated heterocycles. The molecule has 1 aromatic rings. The normalized spacial score (nSPS) is 14.1. The second kappa shape index (κ2) is 7.95. The van der Waals surface area contributed by atoms with E-state index in [1.54, 1.807) is 0 Å². The van der Waals surface area contributed by atoms with Gasteiger partial charge in [-0.1, -0.05) is 27.7 Å². The maximum atomic E-state index is 10.6. The van der Waals surface area contributed by atoms with Crippen molar-refractivity contribution in [1.29, 1.82) is 0 Å². The Balaban J connectivity index is 2.77. The Morgan fingerprint density at radius 2 is 1.76 bits per heavy atom. The number of aliphatic hydroxyl groups excluding tert-OH is 1. The van der Waals surface area contributed by atoms with Gasteiger partial charge >= 0.3 is 0 Å². The molecule has 0 radical (unpaired) electrons. The lowest BCUT2D eigenvalue weighted by atomic mass is 9.91. The fourth-order valence-electron chi connectivity index (χ4n) is 3.05. The largest absolute Gasteiger partial charge is 0.391 e. The molecule has 1 rings (SSSR count). The van der Waals surface area contributed by atoms with E-state index in [0.717, 1.165) is 31.6 Å². The van der Waals surface area contributed by atoms with Gasteiger partial charge in [-0.25, -0.2) is 0 Å². The summed E-state index contributed by atoms with van der Waals surface area (Å²) in [6, 6.07) is 2.51. The molecule has 122 valence electrons. The van der Waals surface area contributed by atoms with Crippen LogP contribution in [0.2, 0.25) is 0 Å². The molecular weight excluding hydrogens is 262 g/mol. The number of nitrogens with zero attached hydrogens (tertiary/aromatic N) is 3. The summed E-state index contributed by atoms with van der Waals surface area (Å²) in [5, 5.41) is 15.3. The third kappa shape index (κ3) is 4.30. The minimum absolute atomic E-state index is 0.234. The minimum Gasteiger partial charge on any atom is -0.391 e. The van der Waals surface area contributed by atoms with Gasteiger partial charge in [0, 0.05) is 18.2 Å². The van der Waals surface area contributed by atoms with Crippen LogP contribution in [0.1, 0.15) is 66.1 Å².